The number of furan rings is 1. The second-order valence-electron chi connectivity index (χ2n) is 7.28. The summed E-state index contributed by atoms with van der Waals surface area (Å²) in [6, 6.07) is 11.2. The molecule has 2 aromatic heterocycles. The molecular formula is C22H15F4NO5S2. The van der Waals surface area contributed by atoms with Gasteiger partial charge in [-0.3, -0.25) is 0 Å². The van der Waals surface area contributed by atoms with Crippen LogP contribution in [0.1, 0.15) is 27.2 Å². The highest BCUT2D eigenvalue weighted by atomic mass is 32.2. The van der Waals surface area contributed by atoms with Gasteiger partial charge in [0.25, 0.3) is 10.0 Å². The summed E-state index contributed by atoms with van der Waals surface area (Å²) in [5, 5.41) is 9.33. The van der Waals surface area contributed by atoms with Crippen LogP contribution in [0.25, 0.3) is 10.1 Å². The third-order valence-electron chi connectivity index (χ3n) is 5.04. The number of rotatable bonds is 6. The Hall–Kier alpha value is -3.38. The fourth-order valence-corrected chi connectivity index (χ4v) is 6.25. The second kappa shape index (κ2) is 8.44. The molecule has 34 heavy (non-hydrogen) atoms. The predicted octanol–water partition coefficient (Wildman–Crippen LogP) is 6.05. The first kappa shape index (κ1) is 23.8. The van der Waals surface area contributed by atoms with Crippen molar-refractivity contribution in [3.63, 3.8) is 0 Å². The number of carboxylic acids is 1. The highest BCUT2D eigenvalue weighted by Crippen LogP contribution is 2.41. The molecule has 2 aromatic carbocycles. The number of aromatic carboxylic acids is 1. The highest BCUT2D eigenvalue weighted by molar-refractivity contribution is 7.92. The van der Waals surface area contributed by atoms with Gasteiger partial charge in [-0.2, -0.15) is 21.6 Å². The van der Waals surface area contributed by atoms with E-state index >= 15 is 0 Å². The fraction of sp³-hybridized carbons (Fsp3) is 0.136. The quantitative estimate of drug-likeness (QED) is 0.317. The van der Waals surface area contributed by atoms with Crippen LogP contribution in [0.3, 0.4) is 0 Å². The topological polar surface area (TPSA) is 87.8 Å². The van der Waals surface area contributed by atoms with Crippen molar-refractivity contribution in [2.24, 2.45) is 0 Å². The van der Waals surface area contributed by atoms with Crippen LogP contribution in [0.2, 0.25) is 0 Å². The maximum Gasteiger partial charge on any atom is 0.419 e. The Morgan fingerprint density at radius 2 is 1.82 bits per heavy atom. The van der Waals surface area contributed by atoms with Gasteiger partial charge in [0, 0.05) is 4.70 Å². The zero-order valence-electron chi connectivity index (χ0n) is 17.3. The number of nitrogens with zero attached hydrogens (tertiary/aromatic N) is 1. The fourth-order valence-electron chi connectivity index (χ4n) is 3.40. The molecule has 0 aliphatic heterocycles. The van der Waals surface area contributed by atoms with E-state index in [2.05, 4.69) is 0 Å². The third kappa shape index (κ3) is 4.26. The summed E-state index contributed by atoms with van der Waals surface area (Å²) in [5.74, 6) is -3.59. The Morgan fingerprint density at radius 3 is 2.44 bits per heavy atom. The Bertz CT molecular complexity index is 1510. The number of aryl methyl sites for hydroxylation is 1. The Kier molecular flexibility index (Phi) is 5.90. The molecule has 4 aromatic rings. The summed E-state index contributed by atoms with van der Waals surface area (Å²) in [5.41, 5.74) is -1.10. The first-order valence-electron chi connectivity index (χ1n) is 9.59. The van der Waals surface area contributed by atoms with E-state index in [0.29, 0.717) is 17.7 Å². The molecule has 6 nitrogen and oxygen atoms in total. The molecule has 0 spiro atoms. The van der Waals surface area contributed by atoms with Gasteiger partial charge < -0.3 is 9.52 Å². The molecule has 0 unspecified atom stereocenters. The van der Waals surface area contributed by atoms with Crippen LogP contribution >= 0.6 is 11.3 Å². The van der Waals surface area contributed by atoms with E-state index in [1.165, 1.54) is 0 Å². The molecule has 0 aliphatic rings. The van der Waals surface area contributed by atoms with Crippen molar-refractivity contribution in [3.05, 3.63) is 82.9 Å². The van der Waals surface area contributed by atoms with E-state index in [1.54, 1.807) is 31.2 Å². The molecule has 0 radical (unpaired) electrons. The van der Waals surface area contributed by atoms with Gasteiger partial charge in [0.1, 0.15) is 10.8 Å². The number of carboxylic acid groups (broad SMARTS) is 1. The molecule has 0 saturated carbocycles. The minimum Gasteiger partial charge on any atom is -0.475 e. The lowest BCUT2D eigenvalue weighted by Crippen LogP contribution is -2.30. The van der Waals surface area contributed by atoms with Gasteiger partial charge in [-0.15, -0.1) is 11.3 Å². The van der Waals surface area contributed by atoms with Crippen LogP contribution in [0.15, 0.2) is 64.1 Å². The first-order valence-corrected chi connectivity index (χ1v) is 11.8. The number of sulfonamides is 1. The minimum atomic E-state index is -4.98. The molecule has 4 rings (SSSR count). The smallest absolute Gasteiger partial charge is 0.419 e. The number of anilines is 1. The lowest BCUT2D eigenvalue weighted by atomic mass is 10.1. The van der Waals surface area contributed by atoms with Gasteiger partial charge in [0.2, 0.25) is 10.9 Å². The van der Waals surface area contributed by atoms with E-state index < -0.39 is 50.9 Å². The molecule has 0 fully saturated rings. The Balaban J connectivity index is 1.88. The minimum absolute atomic E-state index is 0.126. The van der Waals surface area contributed by atoms with Gasteiger partial charge >= 0.3 is 12.1 Å². The standard InChI is InChI=1S/C22H15F4NO5S2/c1-12-14-4-2-3-5-18(14)33-20(12)27(34(30,31)19-9-8-17(32-19)21(28)29)11-13-6-7-16(23)15(10-13)22(24,25)26/h2-10H,11H2,1H3,(H,28,29). The normalized spacial score (nSPS) is 12.3. The summed E-state index contributed by atoms with van der Waals surface area (Å²) in [7, 11) is -4.55. The number of halogens is 4. The van der Waals surface area contributed by atoms with Crippen molar-refractivity contribution in [2.75, 3.05) is 4.31 Å². The van der Waals surface area contributed by atoms with Crippen molar-refractivity contribution in [3.8, 4) is 0 Å². The molecule has 1 N–H and O–H groups in total. The van der Waals surface area contributed by atoms with Crippen LogP contribution in [0.4, 0.5) is 22.6 Å². The summed E-state index contributed by atoms with van der Waals surface area (Å²) in [4.78, 5) is 11.2. The van der Waals surface area contributed by atoms with Crippen LogP contribution in [0, 0.1) is 12.7 Å². The van der Waals surface area contributed by atoms with E-state index in [4.69, 9.17) is 9.52 Å². The molecular weight excluding hydrogens is 498 g/mol. The molecule has 0 amide bonds. The van der Waals surface area contributed by atoms with Crippen molar-refractivity contribution in [2.45, 2.75) is 24.7 Å². The largest absolute Gasteiger partial charge is 0.475 e. The van der Waals surface area contributed by atoms with Crippen molar-refractivity contribution >= 4 is 42.4 Å². The number of hydrogen-bond acceptors (Lipinski definition) is 5. The van der Waals surface area contributed by atoms with Crippen molar-refractivity contribution in [1.82, 2.24) is 0 Å². The van der Waals surface area contributed by atoms with Crippen LogP contribution in [-0.2, 0) is 22.7 Å². The first-order chi connectivity index (χ1) is 15.9. The summed E-state index contributed by atoms with van der Waals surface area (Å²) in [6.45, 7) is 1.08. The summed E-state index contributed by atoms with van der Waals surface area (Å²) in [6.07, 6.45) is -4.98. The van der Waals surface area contributed by atoms with Gasteiger partial charge in [0.05, 0.1) is 12.1 Å². The Labute approximate surface area is 194 Å². The SMILES string of the molecule is Cc1c(N(Cc2ccc(F)c(C(F)(F)F)c2)S(=O)(=O)c2ccc(C(=O)O)o2)sc2ccccc12. The number of benzene rings is 2. The molecule has 0 saturated heterocycles. The van der Waals surface area contributed by atoms with Gasteiger partial charge in [-0.25, -0.2) is 13.5 Å². The van der Waals surface area contributed by atoms with Gasteiger partial charge in [-0.05, 0) is 53.8 Å². The maximum absolute atomic E-state index is 13.8. The van der Waals surface area contributed by atoms with E-state index in [0.717, 1.165) is 43.9 Å². The lowest BCUT2D eigenvalue weighted by Gasteiger charge is -2.23. The molecule has 178 valence electrons. The van der Waals surface area contributed by atoms with Crippen LogP contribution in [-0.4, -0.2) is 19.5 Å². The van der Waals surface area contributed by atoms with E-state index in [-0.39, 0.29) is 10.6 Å². The molecule has 12 heteroatoms. The second-order valence-corrected chi connectivity index (χ2v) is 10.1. The zero-order valence-corrected chi connectivity index (χ0v) is 18.9. The zero-order chi connectivity index (χ0) is 24.8. The molecule has 0 bridgehead atoms. The third-order valence-corrected chi connectivity index (χ3v) is 8.08. The highest BCUT2D eigenvalue weighted by Gasteiger charge is 2.36. The summed E-state index contributed by atoms with van der Waals surface area (Å²) < 4.78 is 87.0. The molecule has 0 aliphatic carbocycles. The number of thiophene rings is 1. The molecule has 0 atom stereocenters. The summed E-state index contributed by atoms with van der Waals surface area (Å²) >= 11 is 1.09. The van der Waals surface area contributed by atoms with Gasteiger partial charge in [0.15, 0.2) is 0 Å². The number of carbonyl (C=O) groups is 1. The predicted molar refractivity (Wildman–Crippen MR) is 117 cm³/mol. The van der Waals surface area contributed by atoms with Crippen molar-refractivity contribution < 1.29 is 40.3 Å². The van der Waals surface area contributed by atoms with Gasteiger partial charge in [-0.1, -0.05) is 24.3 Å². The lowest BCUT2D eigenvalue weighted by molar-refractivity contribution is -0.140. The van der Waals surface area contributed by atoms with Crippen LogP contribution < -0.4 is 4.31 Å². The number of alkyl halides is 3. The average Bonchev–Trinajstić information content (AvgIpc) is 3.39. The van der Waals surface area contributed by atoms with E-state index in [9.17, 15) is 30.8 Å². The van der Waals surface area contributed by atoms with E-state index in [1.807, 2.05) is 0 Å². The monoisotopic (exact) mass is 513 g/mol. The average molecular weight is 513 g/mol. The Morgan fingerprint density at radius 1 is 1.12 bits per heavy atom. The number of hydrogen-bond donors (Lipinski definition) is 1. The number of fused-ring (bicyclic) bond motifs is 1. The molecule has 2 heterocycles. The van der Waals surface area contributed by atoms with Crippen molar-refractivity contribution in [1.29, 1.82) is 0 Å². The maximum atomic E-state index is 13.8. The van der Waals surface area contributed by atoms with Crippen LogP contribution in [0.5, 0.6) is 0 Å².